The van der Waals surface area contributed by atoms with Crippen LogP contribution in [0.3, 0.4) is 0 Å². The summed E-state index contributed by atoms with van der Waals surface area (Å²) in [6.07, 6.45) is 0.309. The number of carbonyl (C=O) groups is 2. The Morgan fingerprint density at radius 2 is 1.86 bits per heavy atom. The van der Waals surface area contributed by atoms with Crippen LogP contribution in [0.4, 0.5) is 10.1 Å². The molecule has 0 aliphatic carbocycles. The van der Waals surface area contributed by atoms with Gasteiger partial charge < -0.3 is 4.90 Å². The van der Waals surface area contributed by atoms with E-state index in [1.54, 1.807) is 11.0 Å². The van der Waals surface area contributed by atoms with Crippen LogP contribution in [-0.2, 0) is 0 Å². The van der Waals surface area contributed by atoms with E-state index in [1.165, 1.54) is 24.3 Å². The molecule has 0 aromatic heterocycles. The number of carbonyl (C=O) groups excluding carboxylic acids is 2. The van der Waals surface area contributed by atoms with Gasteiger partial charge in [-0.25, -0.2) is 4.39 Å². The Bertz CT molecular complexity index is 722. The van der Waals surface area contributed by atoms with Crippen molar-refractivity contribution >= 4 is 17.4 Å². The molecule has 0 N–H and O–H groups in total. The molecule has 0 spiro atoms. The number of amides is 1. The molecule has 2 aromatic carbocycles. The lowest BCUT2D eigenvalue weighted by Gasteiger charge is -2.30. The van der Waals surface area contributed by atoms with Crippen LogP contribution in [0.5, 0.6) is 0 Å². The highest BCUT2D eigenvalue weighted by Crippen LogP contribution is 2.31. The lowest BCUT2D eigenvalue weighted by molar-refractivity contribution is 0.0955. The third-order valence-corrected chi connectivity index (χ3v) is 3.71. The number of Topliss-reactive ketones (excluding diaryl/α,β-unsaturated/α-hetero) is 1. The molecule has 106 valence electrons. The molecule has 21 heavy (non-hydrogen) atoms. The topological polar surface area (TPSA) is 37.4 Å². The molecular weight excluding hydrogens is 269 g/mol. The van der Waals surface area contributed by atoms with Gasteiger partial charge in [0, 0.05) is 24.1 Å². The third kappa shape index (κ3) is 2.33. The molecule has 4 heteroatoms. The van der Waals surface area contributed by atoms with Crippen molar-refractivity contribution in [3.63, 3.8) is 0 Å². The van der Waals surface area contributed by atoms with Crippen LogP contribution in [0.25, 0.3) is 0 Å². The summed E-state index contributed by atoms with van der Waals surface area (Å²) in [7, 11) is 0. The number of ketones is 1. The number of halogens is 1. The summed E-state index contributed by atoms with van der Waals surface area (Å²) in [4.78, 5) is 26.2. The quantitative estimate of drug-likeness (QED) is 0.804. The van der Waals surface area contributed by atoms with Crippen LogP contribution in [0.1, 0.15) is 32.7 Å². The van der Waals surface area contributed by atoms with Gasteiger partial charge >= 0.3 is 0 Å². The Kier molecular flexibility index (Phi) is 3.29. The van der Waals surface area contributed by atoms with Gasteiger partial charge in [-0.15, -0.1) is 0 Å². The zero-order valence-electron chi connectivity index (χ0n) is 11.6. The predicted octanol–water partition coefficient (Wildman–Crippen LogP) is 3.37. The van der Waals surface area contributed by atoms with Crippen LogP contribution in [0.15, 0.2) is 42.5 Å². The summed E-state index contributed by atoms with van der Waals surface area (Å²) in [5, 5.41) is 0. The minimum atomic E-state index is -0.378. The molecule has 0 fully saturated rings. The second-order valence-electron chi connectivity index (χ2n) is 5.11. The Labute approximate surface area is 122 Å². The van der Waals surface area contributed by atoms with Gasteiger partial charge in [0.2, 0.25) is 0 Å². The monoisotopic (exact) mass is 283 g/mol. The number of anilines is 1. The molecule has 0 bridgehead atoms. The van der Waals surface area contributed by atoms with Crippen molar-refractivity contribution in [3.05, 3.63) is 65.0 Å². The molecular formula is C17H14FNO2. The number of hydrogen-bond donors (Lipinski definition) is 0. The molecule has 0 unspecified atom stereocenters. The van der Waals surface area contributed by atoms with Crippen LogP contribution in [0, 0.1) is 12.7 Å². The fraction of sp³-hybridized carbons (Fsp3) is 0.176. The zero-order valence-corrected chi connectivity index (χ0v) is 11.6. The van der Waals surface area contributed by atoms with Gasteiger partial charge in [0.05, 0.1) is 5.69 Å². The highest BCUT2D eigenvalue weighted by atomic mass is 19.1. The first-order valence-corrected chi connectivity index (χ1v) is 6.78. The molecule has 1 amide bonds. The van der Waals surface area contributed by atoms with Gasteiger partial charge in [-0.1, -0.05) is 12.1 Å². The van der Waals surface area contributed by atoms with Gasteiger partial charge in [-0.3, -0.25) is 9.59 Å². The number of fused-ring (bicyclic) bond motifs is 1. The predicted molar refractivity (Wildman–Crippen MR) is 78.2 cm³/mol. The van der Waals surface area contributed by atoms with E-state index in [1.807, 2.05) is 19.1 Å². The maximum atomic E-state index is 13.0. The molecule has 0 atom stereocenters. The highest BCUT2D eigenvalue weighted by molar-refractivity contribution is 6.13. The van der Waals surface area contributed by atoms with E-state index in [0.717, 1.165) is 5.56 Å². The van der Waals surface area contributed by atoms with Gasteiger partial charge in [0.1, 0.15) is 5.82 Å². The first kappa shape index (κ1) is 13.5. The van der Waals surface area contributed by atoms with E-state index in [4.69, 9.17) is 0 Å². The lowest BCUT2D eigenvalue weighted by Crippen LogP contribution is -2.38. The minimum absolute atomic E-state index is 0.0526. The van der Waals surface area contributed by atoms with Crippen molar-refractivity contribution in [1.82, 2.24) is 0 Å². The molecule has 0 radical (unpaired) electrons. The summed E-state index contributed by atoms with van der Waals surface area (Å²) in [5.74, 6) is -0.535. The van der Waals surface area contributed by atoms with Crippen LogP contribution in [-0.4, -0.2) is 18.2 Å². The number of hydrogen-bond acceptors (Lipinski definition) is 2. The summed E-state index contributed by atoms with van der Waals surface area (Å²) in [6.45, 7) is 2.23. The summed E-state index contributed by atoms with van der Waals surface area (Å²) < 4.78 is 13.0. The first-order valence-electron chi connectivity index (χ1n) is 6.78. The summed E-state index contributed by atoms with van der Waals surface area (Å²) in [5.41, 5.74) is 2.55. The first-order chi connectivity index (χ1) is 10.1. The fourth-order valence-corrected chi connectivity index (χ4v) is 2.65. The average molecular weight is 283 g/mol. The lowest BCUT2D eigenvalue weighted by atomic mass is 9.96. The summed E-state index contributed by atoms with van der Waals surface area (Å²) >= 11 is 0. The minimum Gasteiger partial charge on any atom is -0.307 e. The van der Waals surface area contributed by atoms with E-state index < -0.39 is 0 Å². The average Bonchev–Trinajstić information content (AvgIpc) is 2.49. The zero-order chi connectivity index (χ0) is 15.0. The second kappa shape index (κ2) is 5.13. The smallest absolute Gasteiger partial charge is 0.258 e. The maximum Gasteiger partial charge on any atom is 0.258 e. The van der Waals surface area contributed by atoms with E-state index in [2.05, 4.69) is 0 Å². The third-order valence-electron chi connectivity index (χ3n) is 3.71. The van der Waals surface area contributed by atoms with Crippen LogP contribution < -0.4 is 4.90 Å². The number of rotatable bonds is 1. The Morgan fingerprint density at radius 3 is 2.57 bits per heavy atom. The molecule has 3 nitrogen and oxygen atoms in total. The van der Waals surface area contributed by atoms with Gasteiger partial charge in [-0.05, 0) is 42.8 Å². The molecule has 2 aromatic rings. The van der Waals surface area contributed by atoms with Crippen LogP contribution >= 0.6 is 0 Å². The Hall–Kier alpha value is -2.49. The van der Waals surface area contributed by atoms with Gasteiger partial charge in [0.25, 0.3) is 5.91 Å². The molecule has 3 rings (SSSR count). The van der Waals surface area contributed by atoms with E-state index in [9.17, 15) is 14.0 Å². The highest BCUT2D eigenvalue weighted by Gasteiger charge is 2.29. The van der Waals surface area contributed by atoms with Crippen molar-refractivity contribution in [1.29, 1.82) is 0 Å². The molecule has 1 aliphatic rings. The SMILES string of the molecule is Cc1cccc2c1N(C(=O)c1ccc(F)cc1)CCC2=O. The molecule has 1 aliphatic heterocycles. The maximum absolute atomic E-state index is 13.0. The molecule has 0 saturated heterocycles. The molecule has 0 saturated carbocycles. The van der Waals surface area contributed by atoms with E-state index >= 15 is 0 Å². The molecule has 1 heterocycles. The second-order valence-corrected chi connectivity index (χ2v) is 5.11. The Balaban J connectivity index is 2.05. The van der Waals surface area contributed by atoms with Gasteiger partial charge in [0.15, 0.2) is 5.78 Å². The van der Waals surface area contributed by atoms with E-state index in [-0.39, 0.29) is 17.5 Å². The van der Waals surface area contributed by atoms with Gasteiger partial charge in [-0.2, -0.15) is 0 Å². The number of benzene rings is 2. The van der Waals surface area contributed by atoms with Crippen molar-refractivity contribution in [2.75, 3.05) is 11.4 Å². The van der Waals surface area contributed by atoms with Crippen molar-refractivity contribution in [2.24, 2.45) is 0 Å². The van der Waals surface area contributed by atoms with Crippen LogP contribution in [0.2, 0.25) is 0 Å². The standard InChI is InChI=1S/C17H14FNO2/c1-11-3-2-4-14-15(20)9-10-19(16(11)14)17(21)12-5-7-13(18)8-6-12/h2-8H,9-10H2,1H3. The number of para-hydroxylation sites is 1. The largest absolute Gasteiger partial charge is 0.307 e. The Morgan fingerprint density at radius 1 is 1.14 bits per heavy atom. The fourth-order valence-electron chi connectivity index (χ4n) is 2.65. The summed E-state index contributed by atoms with van der Waals surface area (Å²) in [6, 6.07) is 10.9. The van der Waals surface area contributed by atoms with E-state index in [0.29, 0.717) is 29.8 Å². The van der Waals surface area contributed by atoms with Crippen molar-refractivity contribution in [2.45, 2.75) is 13.3 Å². The van der Waals surface area contributed by atoms with Crippen molar-refractivity contribution < 1.29 is 14.0 Å². The number of nitrogens with zero attached hydrogens (tertiary/aromatic N) is 1. The normalized spacial score (nSPS) is 14.0. The van der Waals surface area contributed by atoms with Crippen molar-refractivity contribution in [3.8, 4) is 0 Å². The number of aryl methyl sites for hydroxylation is 1.